The molecular formula is C12H14N4O4. The molecule has 1 heterocycles. The number of nitrogens with one attached hydrogen (secondary N) is 1. The number of nitrogen functional groups attached to an aromatic ring is 1. The average molecular weight is 278 g/mol. The molecule has 0 bridgehead atoms. The van der Waals surface area contributed by atoms with Crippen molar-refractivity contribution in [2.75, 3.05) is 5.73 Å². The number of nitrogens with two attached hydrogens (primary N) is 1. The summed E-state index contributed by atoms with van der Waals surface area (Å²) in [6.07, 6.45) is 0. The number of imide groups is 1. The number of urea groups is 1. The molecule has 1 aliphatic rings. The highest BCUT2D eigenvalue weighted by Crippen LogP contribution is 2.27. The normalized spacial score (nSPS) is 17.2. The molecule has 106 valence electrons. The summed E-state index contributed by atoms with van der Waals surface area (Å²) in [5, 5.41) is 13.3. The summed E-state index contributed by atoms with van der Waals surface area (Å²) >= 11 is 0. The van der Waals surface area contributed by atoms with Gasteiger partial charge in [0, 0.05) is 11.6 Å². The number of hydrogen-bond acceptors (Lipinski definition) is 5. The van der Waals surface area contributed by atoms with Crippen LogP contribution in [0.1, 0.15) is 19.4 Å². The van der Waals surface area contributed by atoms with Crippen LogP contribution in [0.3, 0.4) is 0 Å². The molecule has 20 heavy (non-hydrogen) atoms. The maximum atomic E-state index is 12.0. The lowest BCUT2D eigenvalue weighted by Crippen LogP contribution is -2.40. The van der Waals surface area contributed by atoms with E-state index in [1.807, 2.05) is 0 Å². The Bertz CT molecular complexity index is 611. The highest BCUT2D eigenvalue weighted by atomic mass is 16.6. The molecule has 2 rings (SSSR count). The number of hydrogen-bond donors (Lipinski definition) is 2. The lowest BCUT2D eigenvalue weighted by atomic mass is 10.1. The van der Waals surface area contributed by atoms with Crippen molar-refractivity contribution in [3.63, 3.8) is 0 Å². The monoisotopic (exact) mass is 278 g/mol. The maximum absolute atomic E-state index is 12.0. The quantitative estimate of drug-likeness (QED) is 0.370. The zero-order chi connectivity index (χ0) is 15.1. The lowest BCUT2D eigenvalue weighted by Gasteiger charge is -2.16. The van der Waals surface area contributed by atoms with Crippen molar-refractivity contribution in [3.05, 3.63) is 33.9 Å². The third-order valence-corrected chi connectivity index (χ3v) is 3.14. The number of para-hydroxylation sites is 1. The summed E-state index contributed by atoms with van der Waals surface area (Å²) in [4.78, 5) is 35.0. The first kappa shape index (κ1) is 13.8. The van der Waals surface area contributed by atoms with E-state index in [0.717, 1.165) is 4.90 Å². The van der Waals surface area contributed by atoms with E-state index in [1.165, 1.54) is 12.1 Å². The first-order chi connectivity index (χ1) is 9.24. The van der Waals surface area contributed by atoms with Crippen LogP contribution >= 0.6 is 0 Å². The molecule has 0 atom stereocenters. The molecule has 1 fully saturated rings. The molecule has 1 aliphatic heterocycles. The van der Waals surface area contributed by atoms with Crippen LogP contribution in [-0.4, -0.2) is 27.3 Å². The molecule has 8 heteroatoms. The van der Waals surface area contributed by atoms with E-state index in [1.54, 1.807) is 19.9 Å². The second-order valence-electron chi connectivity index (χ2n) is 5.05. The van der Waals surface area contributed by atoms with E-state index in [0.29, 0.717) is 5.56 Å². The topological polar surface area (TPSA) is 119 Å². The summed E-state index contributed by atoms with van der Waals surface area (Å²) in [6, 6.07) is 3.75. The highest BCUT2D eigenvalue weighted by Gasteiger charge is 2.44. The SMILES string of the molecule is CC1(C)NC(=O)N(Cc2cccc([N+](=O)[O-])c2N)C1=O. The number of nitrogens with zero attached hydrogens (tertiary/aromatic N) is 2. The van der Waals surface area contributed by atoms with Crippen LogP contribution in [0.5, 0.6) is 0 Å². The highest BCUT2D eigenvalue weighted by molar-refractivity contribution is 6.06. The van der Waals surface area contributed by atoms with Gasteiger partial charge < -0.3 is 11.1 Å². The van der Waals surface area contributed by atoms with Crippen molar-refractivity contribution in [1.82, 2.24) is 10.2 Å². The van der Waals surface area contributed by atoms with Crippen molar-refractivity contribution >= 4 is 23.3 Å². The molecule has 1 saturated heterocycles. The second-order valence-corrected chi connectivity index (χ2v) is 5.05. The maximum Gasteiger partial charge on any atom is 0.325 e. The van der Waals surface area contributed by atoms with E-state index < -0.39 is 22.4 Å². The molecule has 0 aliphatic carbocycles. The Labute approximate surface area is 114 Å². The molecule has 1 aromatic rings. The number of rotatable bonds is 3. The van der Waals surface area contributed by atoms with Gasteiger partial charge in [0.2, 0.25) is 0 Å². The second kappa shape index (κ2) is 4.48. The van der Waals surface area contributed by atoms with Gasteiger partial charge in [-0.2, -0.15) is 0 Å². The summed E-state index contributed by atoms with van der Waals surface area (Å²) < 4.78 is 0. The molecule has 3 amide bonds. The Morgan fingerprint density at radius 1 is 1.40 bits per heavy atom. The van der Waals surface area contributed by atoms with Crippen LogP contribution in [0.15, 0.2) is 18.2 Å². The van der Waals surface area contributed by atoms with Gasteiger partial charge in [-0.15, -0.1) is 0 Å². The van der Waals surface area contributed by atoms with Crippen LogP contribution in [0.2, 0.25) is 0 Å². The van der Waals surface area contributed by atoms with Gasteiger partial charge in [0.15, 0.2) is 0 Å². The Hall–Kier alpha value is -2.64. The predicted molar refractivity (Wildman–Crippen MR) is 70.7 cm³/mol. The lowest BCUT2D eigenvalue weighted by molar-refractivity contribution is -0.384. The van der Waals surface area contributed by atoms with E-state index in [9.17, 15) is 19.7 Å². The molecule has 0 spiro atoms. The third-order valence-electron chi connectivity index (χ3n) is 3.14. The summed E-state index contributed by atoms with van der Waals surface area (Å²) in [6.45, 7) is 3.08. The molecule has 3 N–H and O–H groups in total. The molecule has 0 saturated carbocycles. The zero-order valence-corrected chi connectivity index (χ0v) is 11.0. The number of carbonyl (C=O) groups is 2. The standard InChI is InChI=1S/C12H14N4O4/c1-12(2)10(17)15(11(18)14-12)6-7-4-3-5-8(9(7)13)16(19)20/h3-5H,6,13H2,1-2H3,(H,14,18). The van der Waals surface area contributed by atoms with Gasteiger partial charge in [-0.3, -0.25) is 19.8 Å². The summed E-state index contributed by atoms with van der Waals surface area (Å²) in [5.74, 6) is -0.395. The first-order valence-electron chi connectivity index (χ1n) is 5.90. The number of nitro groups is 1. The van der Waals surface area contributed by atoms with E-state index in [4.69, 9.17) is 5.73 Å². The van der Waals surface area contributed by atoms with Crippen LogP contribution in [0.4, 0.5) is 16.2 Å². The fourth-order valence-electron chi connectivity index (χ4n) is 2.03. The van der Waals surface area contributed by atoms with Crippen molar-refractivity contribution in [2.45, 2.75) is 25.9 Å². The summed E-state index contributed by atoms with van der Waals surface area (Å²) in [5.41, 5.74) is 4.81. The van der Waals surface area contributed by atoms with E-state index >= 15 is 0 Å². The molecule has 8 nitrogen and oxygen atoms in total. The molecular weight excluding hydrogens is 264 g/mol. The van der Waals surface area contributed by atoms with Crippen LogP contribution < -0.4 is 11.1 Å². The van der Waals surface area contributed by atoms with Gasteiger partial charge in [-0.1, -0.05) is 12.1 Å². The van der Waals surface area contributed by atoms with Gasteiger partial charge >= 0.3 is 6.03 Å². The third kappa shape index (κ3) is 2.15. The van der Waals surface area contributed by atoms with Crippen molar-refractivity contribution in [3.8, 4) is 0 Å². The number of nitro benzene ring substituents is 1. The van der Waals surface area contributed by atoms with Crippen molar-refractivity contribution in [2.24, 2.45) is 0 Å². The smallest absolute Gasteiger partial charge is 0.325 e. The average Bonchev–Trinajstić information content (AvgIpc) is 2.53. The van der Waals surface area contributed by atoms with Crippen LogP contribution in [-0.2, 0) is 11.3 Å². The minimum Gasteiger partial charge on any atom is -0.393 e. The van der Waals surface area contributed by atoms with Gasteiger partial charge in [0.1, 0.15) is 11.2 Å². The Kier molecular flexibility index (Phi) is 3.09. The molecule has 0 radical (unpaired) electrons. The van der Waals surface area contributed by atoms with E-state index in [-0.39, 0.29) is 17.9 Å². The fraction of sp³-hybridized carbons (Fsp3) is 0.333. The number of anilines is 1. The van der Waals surface area contributed by atoms with Gasteiger partial charge in [0.25, 0.3) is 11.6 Å². The first-order valence-corrected chi connectivity index (χ1v) is 5.90. The largest absolute Gasteiger partial charge is 0.393 e. The van der Waals surface area contributed by atoms with E-state index in [2.05, 4.69) is 5.32 Å². The minimum atomic E-state index is -0.980. The fourth-order valence-corrected chi connectivity index (χ4v) is 2.03. The van der Waals surface area contributed by atoms with Crippen LogP contribution in [0, 0.1) is 10.1 Å². The molecule has 0 aromatic heterocycles. The van der Waals surface area contributed by atoms with Gasteiger partial charge in [-0.25, -0.2) is 4.79 Å². The number of benzene rings is 1. The van der Waals surface area contributed by atoms with Crippen molar-refractivity contribution in [1.29, 1.82) is 0 Å². The Morgan fingerprint density at radius 2 is 2.05 bits per heavy atom. The Balaban J connectivity index is 2.32. The van der Waals surface area contributed by atoms with Gasteiger partial charge in [0.05, 0.1) is 11.5 Å². The molecule has 0 unspecified atom stereocenters. The number of carbonyl (C=O) groups excluding carboxylic acids is 2. The zero-order valence-electron chi connectivity index (χ0n) is 11.0. The van der Waals surface area contributed by atoms with Crippen LogP contribution in [0.25, 0.3) is 0 Å². The minimum absolute atomic E-state index is 0.0391. The molecule has 1 aromatic carbocycles. The van der Waals surface area contributed by atoms with Crippen molar-refractivity contribution < 1.29 is 14.5 Å². The Morgan fingerprint density at radius 3 is 2.55 bits per heavy atom. The predicted octanol–water partition coefficient (Wildman–Crippen LogP) is 1.01. The van der Waals surface area contributed by atoms with Gasteiger partial charge in [-0.05, 0) is 13.8 Å². The number of amides is 3. The summed E-state index contributed by atoms with van der Waals surface area (Å²) in [7, 11) is 0.